The van der Waals surface area contributed by atoms with E-state index in [1.54, 1.807) is 55.3 Å². The Labute approximate surface area is 315 Å². The van der Waals surface area contributed by atoms with Crippen molar-refractivity contribution in [3.8, 4) is 11.5 Å². The monoisotopic (exact) mass is 733 g/mol. The third-order valence-electron chi connectivity index (χ3n) is 9.38. The molecule has 2 aliphatic heterocycles. The molecule has 0 bridgehead atoms. The zero-order chi connectivity index (χ0) is 38.2. The van der Waals surface area contributed by atoms with Gasteiger partial charge >= 0.3 is 6.03 Å². The largest absolute Gasteiger partial charge is 0.497 e. The number of aromatic nitrogens is 2. The molecule has 3 N–H and O–H groups in total. The Hall–Kier alpha value is -6.15. The number of fused-ring (bicyclic) bond motifs is 1. The summed E-state index contributed by atoms with van der Waals surface area (Å²) < 4.78 is 11.0. The molecule has 0 unspecified atom stereocenters. The minimum absolute atomic E-state index is 0.112. The Bertz CT molecular complexity index is 1990. The molecule has 4 aromatic rings. The van der Waals surface area contributed by atoms with Gasteiger partial charge in [-0.1, -0.05) is 32.6 Å². The molecule has 0 aliphatic carbocycles. The second-order valence-electron chi connectivity index (χ2n) is 13.0. The molecule has 282 valence electrons. The van der Waals surface area contributed by atoms with Gasteiger partial charge in [-0.3, -0.25) is 24.3 Å². The summed E-state index contributed by atoms with van der Waals surface area (Å²) in [6.07, 6.45) is 4.38. The normalized spacial score (nSPS) is 14.3. The van der Waals surface area contributed by atoms with Gasteiger partial charge in [0.05, 0.1) is 44.4 Å². The summed E-state index contributed by atoms with van der Waals surface area (Å²) in [6.45, 7) is 12.7. The number of piperazine rings is 1. The summed E-state index contributed by atoms with van der Waals surface area (Å²) in [7, 11) is 3.11. The van der Waals surface area contributed by atoms with E-state index in [-0.39, 0.29) is 36.9 Å². The van der Waals surface area contributed by atoms with Gasteiger partial charge in [-0.2, -0.15) is 4.98 Å². The fourth-order valence-corrected chi connectivity index (χ4v) is 6.54. The van der Waals surface area contributed by atoms with E-state index in [0.29, 0.717) is 52.1 Å². The van der Waals surface area contributed by atoms with Gasteiger partial charge in [-0.05, 0) is 54.9 Å². The number of carbonyl (C=O) groups is 3. The van der Waals surface area contributed by atoms with Gasteiger partial charge in [0, 0.05) is 73.9 Å². The van der Waals surface area contributed by atoms with Gasteiger partial charge in [0.25, 0.3) is 0 Å². The highest BCUT2D eigenvalue weighted by Crippen LogP contribution is 2.37. The standard InChI is InChI=1S/C40H47N9O5/c1-6-14-46-15-17-47(18-16-46)30-12-13-34(35(22-30)43-37(51)8-3)44-39-41-24-28-26-48(31-20-32(53-4)23-33(21-31)54-5)40(52)49(38(28)45-39)25-27-10-9-11-29(19-27)42-36(50)7-2/h8-13,19-24H,3,6-7,14-18,25-26H2,1-2,4-5H3,(H,42,50)(H,43,51)(H,41,44,45). The van der Waals surface area contributed by atoms with E-state index in [2.05, 4.69) is 44.2 Å². The van der Waals surface area contributed by atoms with E-state index < -0.39 is 0 Å². The number of rotatable bonds is 14. The number of amides is 4. The molecule has 2 aliphatic rings. The van der Waals surface area contributed by atoms with Crippen molar-refractivity contribution in [2.45, 2.75) is 39.8 Å². The predicted molar refractivity (Wildman–Crippen MR) is 212 cm³/mol. The van der Waals surface area contributed by atoms with Gasteiger partial charge in [0.15, 0.2) is 0 Å². The summed E-state index contributed by atoms with van der Waals surface area (Å²) in [5, 5.41) is 9.11. The Morgan fingerprint density at radius 1 is 0.907 bits per heavy atom. The lowest BCUT2D eigenvalue weighted by Gasteiger charge is -2.36. The number of nitrogens with zero attached hydrogens (tertiary/aromatic N) is 6. The summed E-state index contributed by atoms with van der Waals surface area (Å²) >= 11 is 0. The first-order valence-corrected chi connectivity index (χ1v) is 18.1. The molecule has 54 heavy (non-hydrogen) atoms. The lowest BCUT2D eigenvalue weighted by Crippen LogP contribution is -2.47. The first-order valence-electron chi connectivity index (χ1n) is 18.1. The highest BCUT2D eigenvalue weighted by Gasteiger charge is 2.34. The van der Waals surface area contributed by atoms with Crippen LogP contribution in [-0.2, 0) is 22.7 Å². The van der Waals surface area contributed by atoms with Crippen LogP contribution >= 0.6 is 0 Å². The molecule has 14 heteroatoms. The van der Waals surface area contributed by atoms with E-state index >= 15 is 0 Å². The number of carbonyl (C=O) groups excluding carboxylic acids is 3. The number of anilines is 7. The molecular formula is C40H47N9O5. The SMILES string of the molecule is C=CC(=O)Nc1cc(N2CCN(CCC)CC2)ccc1Nc1ncc2c(n1)N(Cc1cccc(NC(=O)CC)c1)C(=O)N(c1cc(OC)cc(OC)c1)C2. The Kier molecular flexibility index (Phi) is 11.9. The van der Waals surface area contributed by atoms with Crippen molar-refractivity contribution in [3.63, 3.8) is 0 Å². The van der Waals surface area contributed by atoms with Crippen LogP contribution in [0.1, 0.15) is 37.8 Å². The number of benzene rings is 3. The molecule has 0 atom stereocenters. The number of ether oxygens (including phenoxy) is 2. The minimum atomic E-state index is -0.349. The fraction of sp³-hybridized carbons (Fsp3) is 0.325. The summed E-state index contributed by atoms with van der Waals surface area (Å²) in [5.74, 6) is 1.27. The molecule has 0 spiro atoms. The third-order valence-corrected chi connectivity index (χ3v) is 9.38. The van der Waals surface area contributed by atoms with Crippen molar-refractivity contribution < 1.29 is 23.9 Å². The van der Waals surface area contributed by atoms with Gasteiger partial charge in [-0.15, -0.1) is 0 Å². The average molecular weight is 734 g/mol. The molecule has 3 aromatic carbocycles. The number of nitrogens with one attached hydrogen (secondary N) is 3. The molecule has 1 fully saturated rings. The van der Waals surface area contributed by atoms with Crippen LogP contribution in [0.5, 0.6) is 11.5 Å². The summed E-state index contributed by atoms with van der Waals surface area (Å²) in [4.78, 5) is 56.7. The fourth-order valence-electron chi connectivity index (χ4n) is 6.54. The molecule has 3 heterocycles. The molecule has 14 nitrogen and oxygen atoms in total. The second kappa shape index (κ2) is 17.1. The number of hydrogen-bond donors (Lipinski definition) is 3. The average Bonchev–Trinajstić information content (AvgIpc) is 3.19. The Balaban J connectivity index is 1.34. The van der Waals surface area contributed by atoms with E-state index in [1.165, 1.54) is 6.08 Å². The second-order valence-corrected chi connectivity index (χ2v) is 13.0. The zero-order valence-corrected chi connectivity index (χ0v) is 31.2. The first kappa shape index (κ1) is 37.6. The van der Waals surface area contributed by atoms with Crippen molar-refractivity contribution in [2.75, 3.05) is 77.6 Å². The smallest absolute Gasteiger partial charge is 0.330 e. The van der Waals surface area contributed by atoms with Crippen molar-refractivity contribution in [2.24, 2.45) is 0 Å². The summed E-state index contributed by atoms with van der Waals surface area (Å²) in [6, 6.07) is 18.2. The van der Waals surface area contributed by atoms with Crippen LogP contribution < -0.4 is 40.1 Å². The van der Waals surface area contributed by atoms with Crippen molar-refractivity contribution >= 4 is 58.0 Å². The number of methoxy groups -OCH3 is 2. The predicted octanol–water partition coefficient (Wildman–Crippen LogP) is 6.39. The van der Waals surface area contributed by atoms with Crippen molar-refractivity contribution in [1.29, 1.82) is 0 Å². The Morgan fingerprint density at radius 3 is 2.35 bits per heavy atom. The van der Waals surface area contributed by atoms with E-state index in [9.17, 15) is 14.4 Å². The minimum Gasteiger partial charge on any atom is -0.497 e. The van der Waals surface area contributed by atoms with Gasteiger partial charge in [-0.25, -0.2) is 9.78 Å². The van der Waals surface area contributed by atoms with Crippen LogP contribution in [0, 0.1) is 0 Å². The molecule has 4 amide bonds. The third kappa shape index (κ3) is 8.72. The molecular weight excluding hydrogens is 686 g/mol. The molecule has 1 saturated heterocycles. The molecule has 6 rings (SSSR count). The van der Waals surface area contributed by atoms with E-state index in [4.69, 9.17) is 14.5 Å². The van der Waals surface area contributed by atoms with Gasteiger partial charge in [0.1, 0.15) is 17.3 Å². The van der Waals surface area contributed by atoms with Gasteiger partial charge < -0.3 is 30.3 Å². The number of hydrogen-bond acceptors (Lipinski definition) is 10. The summed E-state index contributed by atoms with van der Waals surface area (Å²) in [5.41, 5.74) is 4.81. The number of urea groups is 1. The first-order chi connectivity index (χ1) is 26.2. The van der Waals surface area contributed by atoms with E-state index in [0.717, 1.165) is 50.4 Å². The lowest BCUT2D eigenvalue weighted by molar-refractivity contribution is -0.116. The van der Waals surface area contributed by atoms with Crippen molar-refractivity contribution in [1.82, 2.24) is 14.9 Å². The molecule has 1 aromatic heterocycles. The van der Waals surface area contributed by atoms with E-state index in [1.807, 2.05) is 42.5 Å². The van der Waals surface area contributed by atoms with Crippen LogP contribution in [0.2, 0.25) is 0 Å². The highest BCUT2D eigenvalue weighted by atomic mass is 16.5. The molecule has 0 saturated carbocycles. The molecule has 0 radical (unpaired) electrons. The van der Waals surface area contributed by atoms with Crippen LogP contribution in [-0.4, -0.2) is 79.7 Å². The maximum atomic E-state index is 14.5. The topological polar surface area (TPSA) is 144 Å². The van der Waals surface area contributed by atoms with Crippen LogP contribution in [0.15, 0.2) is 79.5 Å². The quantitative estimate of drug-likeness (QED) is 0.125. The lowest BCUT2D eigenvalue weighted by atomic mass is 10.1. The maximum Gasteiger partial charge on any atom is 0.330 e. The van der Waals surface area contributed by atoms with Crippen LogP contribution in [0.25, 0.3) is 0 Å². The maximum absolute atomic E-state index is 14.5. The Morgan fingerprint density at radius 2 is 1.67 bits per heavy atom. The van der Waals surface area contributed by atoms with Crippen LogP contribution in [0.3, 0.4) is 0 Å². The van der Waals surface area contributed by atoms with Crippen molar-refractivity contribution in [3.05, 3.63) is 90.6 Å². The highest BCUT2D eigenvalue weighted by molar-refractivity contribution is 6.06. The zero-order valence-electron chi connectivity index (χ0n) is 31.2. The van der Waals surface area contributed by atoms with Crippen LogP contribution in [0.4, 0.5) is 45.0 Å². The van der Waals surface area contributed by atoms with Gasteiger partial charge in [0.2, 0.25) is 17.8 Å².